The quantitative estimate of drug-likeness (QED) is 0.368. The summed E-state index contributed by atoms with van der Waals surface area (Å²) in [4.78, 5) is 12.9. The van der Waals surface area contributed by atoms with Crippen molar-refractivity contribution in [2.24, 2.45) is 11.3 Å². The van der Waals surface area contributed by atoms with Crippen molar-refractivity contribution in [2.45, 2.75) is 78.4 Å². The van der Waals surface area contributed by atoms with Crippen LogP contribution in [-0.2, 0) is 4.79 Å². The van der Waals surface area contributed by atoms with Crippen molar-refractivity contribution in [1.82, 2.24) is 0 Å². The van der Waals surface area contributed by atoms with Gasteiger partial charge >= 0.3 is 0 Å². The number of carbonyl (C=O) groups excluding carboxylic acids is 1. The van der Waals surface area contributed by atoms with Crippen molar-refractivity contribution < 1.29 is 4.79 Å². The third-order valence-electron chi connectivity index (χ3n) is 7.56. The second-order valence-corrected chi connectivity index (χ2v) is 15.1. The van der Waals surface area contributed by atoms with Crippen molar-refractivity contribution >= 4 is 19.0 Å². The van der Waals surface area contributed by atoms with Crippen molar-refractivity contribution in [3.05, 3.63) is 65.3 Å². The Hall–Kier alpha value is -1.67. The van der Waals surface area contributed by atoms with Crippen LogP contribution in [0.1, 0.15) is 59.8 Å². The number of benzene rings is 1. The van der Waals surface area contributed by atoms with Crippen LogP contribution in [0.3, 0.4) is 0 Å². The molecule has 1 aromatic rings. The summed E-state index contributed by atoms with van der Waals surface area (Å²) < 4.78 is 0. The fourth-order valence-corrected chi connectivity index (χ4v) is 9.53. The summed E-state index contributed by atoms with van der Waals surface area (Å²) in [5.74, 6) is 0.604. The van der Waals surface area contributed by atoms with E-state index >= 15 is 0 Å². The lowest BCUT2D eigenvalue weighted by Crippen LogP contribution is -2.47. The zero-order valence-electron chi connectivity index (χ0n) is 19.3. The van der Waals surface area contributed by atoms with Gasteiger partial charge in [-0.25, -0.2) is 0 Å². The molecule has 0 saturated heterocycles. The molecule has 0 N–H and O–H groups in total. The van der Waals surface area contributed by atoms with E-state index in [4.69, 9.17) is 0 Å². The van der Waals surface area contributed by atoms with E-state index in [-0.39, 0.29) is 11.3 Å². The van der Waals surface area contributed by atoms with E-state index in [1.165, 1.54) is 24.8 Å². The molecule has 0 aromatic heterocycles. The molecule has 0 aliphatic heterocycles. The molecule has 0 radical (unpaired) electrons. The summed E-state index contributed by atoms with van der Waals surface area (Å²) in [7, 11) is -1.66. The first-order valence-electron chi connectivity index (χ1n) is 11.3. The van der Waals surface area contributed by atoms with Crippen molar-refractivity contribution in [3.8, 4) is 0 Å². The Balaban J connectivity index is 2.02. The maximum atomic E-state index is 12.9. The zero-order chi connectivity index (χ0) is 21.4. The van der Waals surface area contributed by atoms with E-state index in [1.807, 2.05) is 6.08 Å². The van der Waals surface area contributed by atoms with Crippen LogP contribution in [-0.4, -0.2) is 13.9 Å². The van der Waals surface area contributed by atoms with Crippen LogP contribution in [0.2, 0.25) is 18.6 Å². The van der Waals surface area contributed by atoms with Crippen molar-refractivity contribution in [3.63, 3.8) is 0 Å². The predicted molar refractivity (Wildman–Crippen MR) is 128 cm³/mol. The Morgan fingerprint density at radius 1 is 1.24 bits per heavy atom. The summed E-state index contributed by atoms with van der Waals surface area (Å²) in [6, 6.07) is 11.2. The van der Waals surface area contributed by atoms with E-state index < -0.39 is 8.07 Å². The molecule has 156 valence electrons. The van der Waals surface area contributed by atoms with Crippen LogP contribution in [0.5, 0.6) is 0 Å². The average molecular weight is 407 g/mol. The van der Waals surface area contributed by atoms with Gasteiger partial charge in [0.25, 0.3) is 0 Å². The van der Waals surface area contributed by atoms with Gasteiger partial charge in [-0.2, -0.15) is 0 Å². The van der Waals surface area contributed by atoms with E-state index in [0.29, 0.717) is 17.7 Å². The molecule has 0 unspecified atom stereocenters. The second kappa shape index (κ2) is 8.22. The molecule has 2 aliphatic carbocycles. The Kier molecular flexibility index (Phi) is 6.24. The first-order chi connectivity index (χ1) is 13.6. The Labute approximate surface area is 179 Å². The summed E-state index contributed by atoms with van der Waals surface area (Å²) in [5.41, 5.74) is 6.00. The van der Waals surface area contributed by atoms with Crippen molar-refractivity contribution in [2.75, 3.05) is 0 Å². The molecule has 2 heteroatoms. The standard InChI is InChI=1S/C27H38OSi/c1-8-23-26(19(2)3)24(28)18-27(23,5)17-22-20(4)13-12-16-25(22)29(6,7)21-14-10-9-11-15-21/h8-11,14-15,19,25H,1,12-13,16-18H2,2-7H3/t25-,27+/m1/s1. The molecule has 3 rings (SSSR count). The van der Waals surface area contributed by atoms with Gasteiger partial charge in [-0.05, 0) is 49.6 Å². The van der Waals surface area contributed by atoms with Crippen molar-refractivity contribution in [1.29, 1.82) is 0 Å². The monoisotopic (exact) mass is 406 g/mol. The maximum absolute atomic E-state index is 12.9. The fraction of sp³-hybridized carbons (Fsp3) is 0.519. The number of carbonyl (C=O) groups is 1. The Bertz CT molecular complexity index is 856. The van der Waals surface area contributed by atoms with E-state index in [9.17, 15) is 4.79 Å². The molecular formula is C27H38OSi. The van der Waals surface area contributed by atoms with Gasteiger partial charge < -0.3 is 0 Å². The van der Waals surface area contributed by atoms with Gasteiger partial charge in [-0.1, -0.05) is 93.2 Å². The van der Waals surface area contributed by atoms with Crippen LogP contribution >= 0.6 is 0 Å². The van der Waals surface area contributed by atoms with Gasteiger partial charge in [-0.3, -0.25) is 4.79 Å². The minimum Gasteiger partial charge on any atom is -0.294 e. The Morgan fingerprint density at radius 3 is 2.48 bits per heavy atom. The van der Waals surface area contributed by atoms with Gasteiger partial charge in [0.1, 0.15) is 0 Å². The maximum Gasteiger partial charge on any atom is 0.160 e. The van der Waals surface area contributed by atoms with Gasteiger partial charge in [0.05, 0.1) is 8.07 Å². The smallest absolute Gasteiger partial charge is 0.160 e. The Morgan fingerprint density at radius 2 is 1.90 bits per heavy atom. The molecule has 0 spiro atoms. The van der Waals surface area contributed by atoms with Crippen LogP contribution in [0.15, 0.2) is 65.3 Å². The van der Waals surface area contributed by atoms with Gasteiger partial charge in [0.2, 0.25) is 0 Å². The second-order valence-electron chi connectivity index (χ2n) is 10.4. The number of Topliss-reactive ketones (excluding diaryl/α,β-unsaturated/α-hetero) is 1. The lowest BCUT2D eigenvalue weighted by molar-refractivity contribution is -0.116. The lowest BCUT2D eigenvalue weighted by atomic mass is 9.73. The topological polar surface area (TPSA) is 17.1 Å². The molecule has 0 amide bonds. The largest absolute Gasteiger partial charge is 0.294 e. The molecule has 2 aliphatic rings. The normalized spacial score (nSPS) is 25.9. The van der Waals surface area contributed by atoms with Crippen LogP contribution in [0.4, 0.5) is 0 Å². The SMILES string of the molecule is C=CC1=C(C(C)C)C(=O)C[C@]1(C)CC1=C(C)CCC[C@H]1[Si](C)(C)c1ccccc1. The summed E-state index contributed by atoms with van der Waals surface area (Å²) in [6.07, 6.45) is 7.41. The zero-order valence-corrected chi connectivity index (χ0v) is 20.3. The predicted octanol–water partition coefficient (Wildman–Crippen LogP) is 6.98. The van der Waals surface area contributed by atoms with Crippen LogP contribution in [0, 0.1) is 11.3 Å². The molecule has 0 heterocycles. The highest BCUT2D eigenvalue weighted by Gasteiger charge is 2.45. The molecular weight excluding hydrogens is 368 g/mol. The molecule has 29 heavy (non-hydrogen) atoms. The number of ketones is 1. The molecule has 0 saturated carbocycles. The molecule has 2 atom stereocenters. The third-order valence-corrected chi connectivity index (χ3v) is 11.8. The van der Waals surface area contributed by atoms with E-state index in [2.05, 4.69) is 77.7 Å². The molecule has 1 aromatic carbocycles. The van der Waals surface area contributed by atoms with Gasteiger partial charge in [0, 0.05) is 17.4 Å². The molecule has 0 bridgehead atoms. The van der Waals surface area contributed by atoms with Gasteiger partial charge in [-0.15, -0.1) is 0 Å². The first kappa shape index (κ1) is 22.0. The van der Waals surface area contributed by atoms with Gasteiger partial charge in [0.15, 0.2) is 5.78 Å². The van der Waals surface area contributed by atoms with Crippen LogP contribution < -0.4 is 5.19 Å². The number of hydrogen-bond donors (Lipinski definition) is 0. The fourth-order valence-electron chi connectivity index (χ4n) is 5.93. The molecule has 0 fully saturated rings. The highest BCUT2D eigenvalue weighted by molar-refractivity contribution is 6.91. The summed E-state index contributed by atoms with van der Waals surface area (Å²) in [6.45, 7) is 18.1. The third kappa shape index (κ3) is 4.01. The number of allylic oxidation sites excluding steroid dienone is 5. The summed E-state index contributed by atoms with van der Waals surface area (Å²) >= 11 is 0. The van der Waals surface area contributed by atoms with Crippen LogP contribution in [0.25, 0.3) is 0 Å². The number of hydrogen-bond acceptors (Lipinski definition) is 1. The lowest BCUT2D eigenvalue weighted by Gasteiger charge is -2.41. The van der Waals surface area contributed by atoms with E-state index in [0.717, 1.165) is 12.0 Å². The highest BCUT2D eigenvalue weighted by atomic mass is 28.3. The number of rotatable bonds is 6. The summed E-state index contributed by atoms with van der Waals surface area (Å²) in [5, 5.41) is 1.55. The molecule has 1 nitrogen and oxygen atoms in total. The minimum atomic E-state index is -1.66. The highest BCUT2D eigenvalue weighted by Crippen LogP contribution is 2.52. The van der Waals surface area contributed by atoms with E-state index in [1.54, 1.807) is 16.3 Å². The average Bonchev–Trinajstić information content (AvgIpc) is 2.93. The minimum absolute atomic E-state index is 0.105. The first-order valence-corrected chi connectivity index (χ1v) is 14.3.